The van der Waals surface area contributed by atoms with Gasteiger partial charge in [0.15, 0.2) is 0 Å². The first-order valence-corrected chi connectivity index (χ1v) is 8.65. The summed E-state index contributed by atoms with van der Waals surface area (Å²) in [7, 11) is -3.63. The molecule has 1 N–H and O–H groups in total. The molecule has 0 aliphatic carbocycles. The van der Waals surface area contributed by atoms with E-state index in [9.17, 15) is 8.42 Å². The van der Waals surface area contributed by atoms with E-state index in [2.05, 4.69) is 9.71 Å². The minimum Gasteiger partial charge on any atom is -0.279 e. The second-order valence-electron chi connectivity index (χ2n) is 5.13. The molecule has 2 aromatic carbocycles. The zero-order valence-corrected chi connectivity index (χ0v) is 13.4. The van der Waals surface area contributed by atoms with Crippen LogP contribution >= 0.6 is 0 Å². The maximum atomic E-state index is 12.5. The number of nitrogens with one attached hydrogen (secondary N) is 1. The summed E-state index contributed by atoms with van der Waals surface area (Å²) < 4.78 is 27.7. The summed E-state index contributed by atoms with van der Waals surface area (Å²) in [6, 6.07) is 21.2. The van der Waals surface area contributed by atoms with E-state index in [1.807, 2.05) is 37.3 Å². The zero-order valence-electron chi connectivity index (χ0n) is 12.6. The molecule has 0 saturated carbocycles. The Balaban J connectivity index is 2.02. The number of sulfonamides is 1. The standard InChI is InChI=1S/C18H16N2O2S/c1-14-8-7-13-17(19-14)16-11-5-6-12-18(16)20-23(21,22)15-9-3-2-4-10-15/h2-13,20H,1H3. The van der Waals surface area contributed by atoms with E-state index < -0.39 is 10.0 Å². The largest absolute Gasteiger partial charge is 0.279 e. The normalized spacial score (nSPS) is 11.2. The van der Waals surface area contributed by atoms with Crippen LogP contribution in [0.1, 0.15) is 5.69 Å². The zero-order chi connectivity index (χ0) is 16.3. The number of aryl methyl sites for hydroxylation is 1. The van der Waals surface area contributed by atoms with Crippen LogP contribution in [0.3, 0.4) is 0 Å². The third kappa shape index (κ3) is 3.40. The number of rotatable bonds is 4. The molecule has 0 fully saturated rings. The van der Waals surface area contributed by atoms with Gasteiger partial charge in [-0.25, -0.2) is 8.42 Å². The number of hydrogen-bond acceptors (Lipinski definition) is 3. The van der Waals surface area contributed by atoms with Gasteiger partial charge in [-0.2, -0.15) is 0 Å². The number of anilines is 1. The molecule has 0 atom stereocenters. The van der Waals surface area contributed by atoms with Crippen molar-refractivity contribution in [1.29, 1.82) is 0 Å². The summed E-state index contributed by atoms with van der Waals surface area (Å²) in [5, 5.41) is 0. The molecule has 116 valence electrons. The van der Waals surface area contributed by atoms with Crippen molar-refractivity contribution in [3.63, 3.8) is 0 Å². The van der Waals surface area contributed by atoms with Crippen molar-refractivity contribution in [1.82, 2.24) is 4.98 Å². The summed E-state index contributed by atoms with van der Waals surface area (Å²) in [4.78, 5) is 4.70. The number of pyridine rings is 1. The Labute approximate surface area is 135 Å². The van der Waals surface area contributed by atoms with Crippen LogP contribution in [0.15, 0.2) is 77.7 Å². The topological polar surface area (TPSA) is 59.1 Å². The first kappa shape index (κ1) is 15.2. The highest BCUT2D eigenvalue weighted by Gasteiger charge is 2.16. The smallest absolute Gasteiger partial charge is 0.261 e. The highest BCUT2D eigenvalue weighted by atomic mass is 32.2. The predicted molar refractivity (Wildman–Crippen MR) is 91.7 cm³/mol. The number of aromatic nitrogens is 1. The number of hydrogen-bond donors (Lipinski definition) is 1. The van der Waals surface area contributed by atoms with E-state index >= 15 is 0 Å². The van der Waals surface area contributed by atoms with Crippen molar-refractivity contribution in [3.05, 3.63) is 78.5 Å². The summed E-state index contributed by atoms with van der Waals surface area (Å²) in [6.45, 7) is 1.90. The first-order chi connectivity index (χ1) is 11.1. The Morgan fingerprint density at radius 2 is 1.52 bits per heavy atom. The minimum absolute atomic E-state index is 0.229. The molecule has 23 heavy (non-hydrogen) atoms. The van der Waals surface area contributed by atoms with Crippen LogP contribution in [0.5, 0.6) is 0 Å². The molecule has 0 unspecified atom stereocenters. The van der Waals surface area contributed by atoms with E-state index in [4.69, 9.17) is 0 Å². The van der Waals surface area contributed by atoms with Crippen LogP contribution < -0.4 is 4.72 Å². The molecule has 4 nitrogen and oxygen atoms in total. The quantitative estimate of drug-likeness (QED) is 0.793. The SMILES string of the molecule is Cc1cccc(-c2ccccc2NS(=O)(=O)c2ccccc2)n1. The lowest BCUT2D eigenvalue weighted by atomic mass is 10.1. The molecule has 1 heterocycles. The van der Waals surface area contributed by atoms with Crippen LogP contribution in [0.2, 0.25) is 0 Å². The first-order valence-electron chi connectivity index (χ1n) is 7.17. The molecule has 3 aromatic rings. The summed E-state index contributed by atoms with van der Waals surface area (Å²) in [5.74, 6) is 0. The average molecular weight is 324 g/mol. The van der Waals surface area contributed by atoms with Gasteiger partial charge < -0.3 is 0 Å². The minimum atomic E-state index is -3.63. The molecule has 0 bridgehead atoms. The maximum Gasteiger partial charge on any atom is 0.261 e. The van der Waals surface area contributed by atoms with Crippen LogP contribution in [0.25, 0.3) is 11.3 Å². The molecule has 0 spiro atoms. The van der Waals surface area contributed by atoms with Crippen LogP contribution in [0.4, 0.5) is 5.69 Å². The maximum absolute atomic E-state index is 12.5. The molecule has 0 aliphatic heterocycles. The molecular formula is C18H16N2O2S. The third-order valence-corrected chi connectivity index (χ3v) is 4.77. The fourth-order valence-corrected chi connectivity index (χ4v) is 3.39. The molecule has 0 amide bonds. The van der Waals surface area contributed by atoms with Crippen LogP contribution in [-0.4, -0.2) is 13.4 Å². The monoisotopic (exact) mass is 324 g/mol. The lowest BCUT2D eigenvalue weighted by molar-refractivity contribution is 0.601. The van der Waals surface area contributed by atoms with Gasteiger partial charge in [-0.15, -0.1) is 0 Å². The van der Waals surface area contributed by atoms with E-state index in [0.29, 0.717) is 5.69 Å². The molecule has 3 rings (SSSR count). The highest BCUT2D eigenvalue weighted by molar-refractivity contribution is 7.92. The van der Waals surface area contributed by atoms with Gasteiger partial charge >= 0.3 is 0 Å². The molecule has 0 radical (unpaired) electrons. The number of benzene rings is 2. The van der Waals surface area contributed by atoms with Gasteiger partial charge in [-0.1, -0.05) is 42.5 Å². The Kier molecular flexibility index (Phi) is 4.12. The summed E-state index contributed by atoms with van der Waals surface area (Å²) in [6.07, 6.45) is 0. The Morgan fingerprint density at radius 3 is 2.26 bits per heavy atom. The van der Waals surface area contributed by atoms with Gasteiger partial charge in [0, 0.05) is 11.3 Å². The van der Waals surface area contributed by atoms with Crippen molar-refractivity contribution in [2.24, 2.45) is 0 Å². The Hall–Kier alpha value is -2.66. The predicted octanol–water partition coefficient (Wildman–Crippen LogP) is 3.86. The van der Waals surface area contributed by atoms with Gasteiger partial charge in [0.2, 0.25) is 0 Å². The van der Waals surface area contributed by atoms with Crippen molar-refractivity contribution in [2.75, 3.05) is 4.72 Å². The van der Waals surface area contributed by atoms with Crippen LogP contribution in [0, 0.1) is 6.92 Å². The Morgan fingerprint density at radius 1 is 0.826 bits per heavy atom. The lowest BCUT2D eigenvalue weighted by Gasteiger charge is -2.12. The van der Waals surface area contributed by atoms with Crippen LogP contribution in [-0.2, 0) is 10.0 Å². The number of nitrogens with zero attached hydrogens (tertiary/aromatic N) is 1. The highest BCUT2D eigenvalue weighted by Crippen LogP contribution is 2.28. The second-order valence-corrected chi connectivity index (χ2v) is 6.81. The van der Waals surface area contributed by atoms with E-state index in [0.717, 1.165) is 17.0 Å². The van der Waals surface area contributed by atoms with Crippen molar-refractivity contribution < 1.29 is 8.42 Å². The fraction of sp³-hybridized carbons (Fsp3) is 0.0556. The second kappa shape index (κ2) is 6.22. The molecular weight excluding hydrogens is 308 g/mol. The van der Waals surface area contributed by atoms with Crippen molar-refractivity contribution in [3.8, 4) is 11.3 Å². The van der Waals surface area contributed by atoms with Gasteiger partial charge in [-0.3, -0.25) is 9.71 Å². The summed E-state index contributed by atoms with van der Waals surface area (Å²) in [5.41, 5.74) is 2.87. The lowest BCUT2D eigenvalue weighted by Crippen LogP contribution is -2.13. The third-order valence-electron chi connectivity index (χ3n) is 3.39. The molecule has 0 saturated heterocycles. The molecule has 1 aromatic heterocycles. The molecule has 0 aliphatic rings. The van der Waals surface area contributed by atoms with Gasteiger partial charge in [-0.05, 0) is 37.3 Å². The van der Waals surface area contributed by atoms with Crippen molar-refractivity contribution in [2.45, 2.75) is 11.8 Å². The van der Waals surface area contributed by atoms with Crippen molar-refractivity contribution >= 4 is 15.7 Å². The van der Waals surface area contributed by atoms with E-state index in [-0.39, 0.29) is 4.90 Å². The van der Waals surface area contributed by atoms with E-state index in [1.54, 1.807) is 42.5 Å². The average Bonchev–Trinajstić information content (AvgIpc) is 2.56. The van der Waals surface area contributed by atoms with Gasteiger partial charge in [0.25, 0.3) is 10.0 Å². The fourth-order valence-electron chi connectivity index (χ4n) is 2.29. The Bertz CT molecular complexity index is 923. The van der Waals surface area contributed by atoms with Gasteiger partial charge in [0.05, 0.1) is 16.3 Å². The van der Waals surface area contributed by atoms with Gasteiger partial charge in [0.1, 0.15) is 0 Å². The molecule has 5 heteroatoms. The summed E-state index contributed by atoms with van der Waals surface area (Å²) >= 11 is 0. The van der Waals surface area contributed by atoms with E-state index in [1.165, 1.54) is 0 Å². The number of para-hydroxylation sites is 1.